The molecule has 1 aliphatic carbocycles. The molecule has 190 valence electrons. The zero-order valence-electron chi connectivity index (χ0n) is 21.4. The second-order valence-corrected chi connectivity index (χ2v) is 9.51. The molecule has 2 aromatic carbocycles. The van der Waals surface area contributed by atoms with Crippen LogP contribution in [0.15, 0.2) is 48.5 Å². The maximum atomic E-state index is 11.9. The van der Waals surface area contributed by atoms with Crippen LogP contribution in [0.3, 0.4) is 0 Å². The van der Waals surface area contributed by atoms with Gasteiger partial charge in [-0.1, -0.05) is 68.3 Å². The van der Waals surface area contributed by atoms with E-state index in [2.05, 4.69) is 53.3 Å². The molecule has 0 radical (unpaired) electrons. The summed E-state index contributed by atoms with van der Waals surface area (Å²) >= 11 is 0. The SMILES string of the molecule is CCCCCN(C(=O)OC)C(CC(=O)OC(C)(C)C)C(=O)O.c1ccc2c(c1)Cc1ccccc1-2. The normalized spacial score (nSPS) is 12.4. The average Bonchev–Trinajstić information content (AvgIpc) is 3.18. The minimum atomic E-state index is -1.29. The molecule has 0 bridgehead atoms. The largest absolute Gasteiger partial charge is 0.480 e. The van der Waals surface area contributed by atoms with Gasteiger partial charge in [0, 0.05) is 6.54 Å². The highest BCUT2D eigenvalue weighted by atomic mass is 16.6. The van der Waals surface area contributed by atoms with Crippen LogP contribution < -0.4 is 0 Å². The Labute approximate surface area is 208 Å². The quantitative estimate of drug-likeness (QED) is 0.327. The number of carbonyl (C=O) groups is 3. The smallest absolute Gasteiger partial charge is 0.410 e. The third kappa shape index (κ3) is 8.42. The molecule has 1 amide bonds. The summed E-state index contributed by atoms with van der Waals surface area (Å²) in [6.07, 6.45) is 2.36. The number of carboxylic acids is 1. The number of esters is 1. The molecule has 3 rings (SSSR count). The number of nitrogens with zero attached hydrogens (tertiary/aromatic N) is 1. The standard InChI is InChI=1S/C15H27NO6.C13H10/c1-6-7-8-9-16(14(20)21-5)11(13(18)19)10-12(17)22-15(2,3)4;1-3-7-12-10(5-1)9-11-6-2-4-8-13(11)12/h11H,6-10H2,1-5H3,(H,18,19);1-8H,9H2. The molecule has 0 fully saturated rings. The van der Waals surface area contributed by atoms with Crippen molar-refractivity contribution >= 4 is 18.0 Å². The second-order valence-electron chi connectivity index (χ2n) is 9.51. The van der Waals surface area contributed by atoms with Crippen molar-refractivity contribution in [2.24, 2.45) is 0 Å². The number of hydrogen-bond acceptors (Lipinski definition) is 5. The van der Waals surface area contributed by atoms with E-state index in [1.165, 1.54) is 29.4 Å². The maximum Gasteiger partial charge on any atom is 0.410 e. The number of hydrogen-bond donors (Lipinski definition) is 1. The Kier molecular flexibility index (Phi) is 10.3. The van der Waals surface area contributed by atoms with E-state index in [1.807, 2.05) is 6.92 Å². The second kappa shape index (κ2) is 12.9. The van der Waals surface area contributed by atoms with Crippen LogP contribution in [0.4, 0.5) is 4.79 Å². The van der Waals surface area contributed by atoms with Gasteiger partial charge in [-0.15, -0.1) is 0 Å². The molecular formula is C28H37NO6. The van der Waals surface area contributed by atoms with E-state index in [9.17, 15) is 19.5 Å². The van der Waals surface area contributed by atoms with E-state index < -0.39 is 36.1 Å². The molecule has 1 atom stereocenters. The summed E-state index contributed by atoms with van der Waals surface area (Å²) in [5.41, 5.74) is 5.04. The first kappa shape index (κ1) is 27.9. The molecular weight excluding hydrogens is 446 g/mol. The number of rotatable bonds is 8. The Morgan fingerprint density at radius 1 is 0.971 bits per heavy atom. The summed E-state index contributed by atoms with van der Waals surface area (Å²) in [5.74, 6) is -1.92. The van der Waals surface area contributed by atoms with Gasteiger partial charge in [0.2, 0.25) is 0 Å². The Balaban J connectivity index is 0.000000276. The fourth-order valence-electron chi connectivity index (χ4n) is 3.98. The minimum absolute atomic E-state index is 0.222. The van der Waals surface area contributed by atoms with Crippen molar-refractivity contribution in [3.8, 4) is 11.1 Å². The lowest BCUT2D eigenvalue weighted by Gasteiger charge is -2.28. The number of carbonyl (C=O) groups excluding carboxylic acids is 2. The van der Waals surface area contributed by atoms with E-state index in [0.717, 1.165) is 24.2 Å². The Morgan fingerprint density at radius 3 is 1.97 bits per heavy atom. The predicted octanol–water partition coefficient (Wildman–Crippen LogP) is 5.69. The monoisotopic (exact) mass is 483 g/mol. The zero-order chi connectivity index (χ0) is 26.0. The van der Waals surface area contributed by atoms with Gasteiger partial charge in [0.15, 0.2) is 0 Å². The third-order valence-corrected chi connectivity index (χ3v) is 5.56. The fourth-order valence-corrected chi connectivity index (χ4v) is 3.98. The van der Waals surface area contributed by atoms with Gasteiger partial charge in [0.05, 0.1) is 13.5 Å². The molecule has 0 saturated carbocycles. The van der Waals surface area contributed by atoms with Gasteiger partial charge in [-0.2, -0.15) is 0 Å². The molecule has 7 nitrogen and oxygen atoms in total. The van der Waals surface area contributed by atoms with Crippen LogP contribution in [0.5, 0.6) is 0 Å². The van der Waals surface area contributed by atoms with Crippen LogP contribution in [0.25, 0.3) is 11.1 Å². The van der Waals surface area contributed by atoms with Crippen molar-refractivity contribution in [1.29, 1.82) is 0 Å². The number of benzene rings is 2. The van der Waals surface area contributed by atoms with Crippen LogP contribution in [-0.4, -0.2) is 53.3 Å². The fraction of sp³-hybridized carbons (Fsp3) is 0.464. The van der Waals surface area contributed by atoms with E-state index >= 15 is 0 Å². The third-order valence-electron chi connectivity index (χ3n) is 5.56. The molecule has 0 spiro atoms. The Hall–Kier alpha value is -3.35. The van der Waals surface area contributed by atoms with Gasteiger partial charge in [0.1, 0.15) is 11.6 Å². The molecule has 1 unspecified atom stereocenters. The molecule has 0 aliphatic heterocycles. The van der Waals surface area contributed by atoms with Crippen molar-refractivity contribution < 1.29 is 29.0 Å². The summed E-state index contributed by atoms with van der Waals surface area (Å²) in [5, 5.41) is 9.33. The van der Waals surface area contributed by atoms with Crippen LogP contribution in [-0.2, 0) is 25.5 Å². The van der Waals surface area contributed by atoms with Crippen molar-refractivity contribution in [2.75, 3.05) is 13.7 Å². The molecule has 0 saturated heterocycles. The van der Waals surface area contributed by atoms with Crippen molar-refractivity contribution in [1.82, 2.24) is 4.90 Å². The van der Waals surface area contributed by atoms with Crippen molar-refractivity contribution in [2.45, 2.75) is 71.4 Å². The summed E-state index contributed by atoms with van der Waals surface area (Å²) in [6, 6.07) is 16.0. The molecule has 1 N–H and O–H groups in total. The number of amides is 1. The van der Waals surface area contributed by atoms with Gasteiger partial charge < -0.3 is 14.6 Å². The van der Waals surface area contributed by atoms with Gasteiger partial charge >= 0.3 is 18.0 Å². The average molecular weight is 484 g/mol. The first-order valence-electron chi connectivity index (χ1n) is 12.0. The van der Waals surface area contributed by atoms with Crippen molar-refractivity contribution in [3.63, 3.8) is 0 Å². The van der Waals surface area contributed by atoms with E-state index in [4.69, 9.17) is 4.74 Å². The Bertz CT molecular complexity index is 967. The highest BCUT2D eigenvalue weighted by Crippen LogP contribution is 2.35. The lowest BCUT2D eigenvalue weighted by Crippen LogP contribution is -2.47. The number of methoxy groups -OCH3 is 1. The summed E-state index contributed by atoms with van der Waals surface area (Å²) in [4.78, 5) is 36.2. The lowest BCUT2D eigenvalue weighted by molar-refractivity contribution is -0.160. The first-order chi connectivity index (χ1) is 16.6. The van der Waals surface area contributed by atoms with Gasteiger partial charge in [0.25, 0.3) is 0 Å². The van der Waals surface area contributed by atoms with E-state index in [0.29, 0.717) is 6.42 Å². The zero-order valence-corrected chi connectivity index (χ0v) is 21.4. The van der Waals surface area contributed by atoms with Crippen LogP contribution in [0.2, 0.25) is 0 Å². The lowest BCUT2D eigenvalue weighted by atomic mass is 10.1. The molecule has 1 aliphatic rings. The molecule has 2 aromatic rings. The maximum absolute atomic E-state index is 11.9. The van der Waals surface area contributed by atoms with E-state index in [-0.39, 0.29) is 6.54 Å². The molecule has 35 heavy (non-hydrogen) atoms. The van der Waals surface area contributed by atoms with Crippen molar-refractivity contribution in [3.05, 3.63) is 59.7 Å². The number of unbranched alkanes of at least 4 members (excludes halogenated alkanes) is 2. The topological polar surface area (TPSA) is 93.1 Å². The van der Waals surface area contributed by atoms with E-state index in [1.54, 1.807) is 20.8 Å². The number of aliphatic carboxylic acids is 1. The molecule has 0 heterocycles. The first-order valence-corrected chi connectivity index (χ1v) is 12.0. The number of carboxylic acid groups (broad SMARTS) is 1. The number of fused-ring (bicyclic) bond motifs is 3. The van der Waals surface area contributed by atoms with Crippen LogP contribution in [0, 0.1) is 0 Å². The highest BCUT2D eigenvalue weighted by Gasteiger charge is 2.33. The van der Waals surface area contributed by atoms with Crippen LogP contribution in [0.1, 0.15) is 64.5 Å². The Morgan fingerprint density at radius 2 is 1.51 bits per heavy atom. The molecule has 0 aromatic heterocycles. The highest BCUT2D eigenvalue weighted by molar-refractivity contribution is 5.85. The molecule has 7 heteroatoms. The van der Waals surface area contributed by atoms with Crippen LogP contribution >= 0.6 is 0 Å². The summed E-state index contributed by atoms with van der Waals surface area (Å²) in [6.45, 7) is 7.30. The van der Waals surface area contributed by atoms with Gasteiger partial charge in [-0.3, -0.25) is 9.69 Å². The van der Waals surface area contributed by atoms with Gasteiger partial charge in [-0.05, 0) is 55.9 Å². The van der Waals surface area contributed by atoms with Gasteiger partial charge in [-0.25, -0.2) is 9.59 Å². The summed E-state index contributed by atoms with van der Waals surface area (Å²) < 4.78 is 9.75. The minimum Gasteiger partial charge on any atom is -0.480 e. The summed E-state index contributed by atoms with van der Waals surface area (Å²) in [7, 11) is 1.18. The number of ether oxygens (including phenoxy) is 2. The predicted molar refractivity (Wildman–Crippen MR) is 135 cm³/mol.